The molecule has 0 saturated carbocycles. The molecule has 1 N–H and O–H groups in total. The lowest BCUT2D eigenvalue weighted by molar-refractivity contribution is -0.118. The van der Waals surface area contributed by atoms with Gasteiger partial charge in [-0.1, -0.05) is 24.3 Å². The van der Waals surface area contributed by atoms with E-state index in [-0.39, 0.29) is 12.5 Å². The van der Waals surface area contributed by atoms with E-state index in [1.54, 1.807) is 13.2 Å². The Morgan fingerprint density at radius 2 is 2.14 bits per heavy atom. The third kappa shape index (κ3) is 4.42. The fourth-order valence-electron chi connectivity index (χ4n) is 1.81. The van der Waals surface area contributed by atoms with Gasteiger partial charge in [0.25, 0.3) is 5.91 Å². The van der Waals surface area contributed by atoms with E-state index in [0.29, 0.717) is 16.6 Å². The van der Waals surface area contributed by atoms with Crippen LogP contribution in [0.15, 0.2) is 18.2 Å². The minimum atomic E-state index is -0.276. The van der Waals surface area contributed by atoms with Gasteiger partial charge in [0.05, 0.1) is 7.11 Å². The van der Waals surface area contributed by atoms with Crippen LogP contribution in [0, 0.1) is 6.92 Å². The molecule has 0 aliphatic carbocycles. The number of rotatable bonds is 7. The van der Waals surface area contributed by atoms with Crippen LogP contribution in [0.3, 0.4) is 0 Å². The summed E-state index contributed by atoms with van der Waals surface area (Å²) < 4.78 is 10.7. The summed E-state index contributed by atoms with van der Waals surface area (Å²) in [5.41, 5.74) is 1.06. The van der Waals surface area contributed by atoms with Crippen LogP contribution in [0.2, 0.25) is 0 Å². The summed E-state index contributed by atoms with van der Waals surface area (Å²) in [6.45, 7) is 3.92. The van der Waals surface area contributed by atoms with Crippen molar-refractivity contribution in [1.82, 2.24) is 10.2 Å². The molecule has 0 aliphatic rings. The van der Waals surface area contributed by atoms with Crippen LogP contribution in [0.1, 0.15) is 23.9 Å². The number of methoxy groups -OCH3 is 1. The molecule has 0 aliphatic heterocycles. The number of hydrogen-bond donors (Lipinski definition) is 1. The van der Waals surface area contributed by atoms with Crippen LogP contribution in [-0.4, -0.2) is 29.8 Å². The number of ether oxygens (including phenoxy) is 2. The monoisotopic (exact) mass is 321 g/mol. The lowest BCUT2D eigenvalue weighted by Crippen LogP contribution is -2.20. The van der Waals surface area contributed by atoms with Gasteiger partial charge in [-0.2, -0.15) is 0 Å². The summed E-state index contributed by atoms with van der Waals surface area (Å²) in [6.07, 6.45) is 1.86. The molecule has 2 aromatic rings. The van der Waals surface area contributed by atoms with Crippen molar-refractivity contribution < 1.29 is 14.3 Å². The van der Waals surface area contributed by atoms with Crippen molar-refractivity contribution in [2.75, 3.05) is 19.0 Å². The van der Waals surface area contributed by atoms with Crippen LogP contribution in [0.4, 0.5) is 5.13 Å². The number of carbonyl (C=O) groups is 1. The van der Waals surface area contributed by atoms with E-state index in [1.807, 2.05) is 19.1 Å². The number of benzene rings is 1. The number of aromatic nitrogens is 2. The molecule has 1 aromatic heterocycles. The van der Waals surface area contributed by atoms with E-state index in [4.69, 9.17) is 9.47 Å². The second-order valence-corrected chi connectivity index (χ2v) is 5.80. The lowest BCUT2D eigenvalue weighted by Gasteiger charge is -2.10. The van der Waals surface area contributed by atoms with Gasteiger partial charge in [0.2, 0.25) is 5.13 Å². The highest BCUT2D eigenvalue weighted by Gasteiger charge is 2.10. The van der Waals surface area contributed by atoms with Gasteiger partial charge in [0.1, 0.15) is 5.01 Å². The van der Waals surface area contributed by atoms with Crippen molar-refractivity contribution in [3.8, 4) is 11.5 Å². The Bertz CT molecular complexity index is 643. The first-order valence-electron chi connectivity index (χ1n) is 7.02. The van der Waals surface area contributed by atoms with Crippen molar-refractivity contribution in [3.05, 3.63) is 28.8 Å². The lowest BCUT2D eigenvalue weighted by atomic mass is 10.2. The van der Waals surface area contributed by atoms with Crippen LogP contribution in [0.25, 0.3) is 0 Å². The van der Waals surface area contributed by atoms with Gasteiger partial charge in [-0.05, 0) is 31.0 Å². The van der Waals surface area contributed by atoms with Crippen molar-refractivity contribution in [3.63, 3.8) is 0 Å². The van der Waals surface area contributed by atoms with E-state index >= 15 is 0 Å². The summed E-state index contributed by atoms with van der Waals surface area (Å²) >= 11 is 1.38. The molecular formula is C15H19N3O3S. The number of nitrogens with zero attached hydrogens (tertiary/aromatic N) is 2. The minimum Gasteiger partial charge on any atom is -0.493 e. The molecule has 0 bridgehead atoms. The number of amides is 1. The van der Waals surface area contributed by atoms with Crippen molar-refractivity contribution in [2.24, 2.45) is 0 Å². The summed E-state index contributed by atoms with van der Waals surface area (Å²) in [6, 6.07) is 5.54. The maximum atomic E-state index is 11.9. The molecule has 0 fully saturated rings. The Morgan fingerprint density at radius 3 is 2.86 bits per heavy atom. The zero-order valence-corrected chi connectivity index (χ0v) is 13.7. The molecule has 1 amide bonds. The van der Waals surface area contributed by atoms with Gasteiger partial charge in [-0.25, -0.2) is 0 Å². The molecule has 0 spiro atoms. The van der Waals surface area contributed by atoms with Crippen molar-refractivity contribution >= 4 is 22.4 Å². The minimum absolute atomic E-state index is 0.109. The first-order valence-corrected chi connectivity index (χ1v) is 7.83. The smallest absolute Gasteiger partial charge is 0.264 e. The number of nitrogens with one attached hydrogen (secondary N) is 1. The first-order chi connectivity index (χ1) is 10.6. The van der Waals surface area contributed by atoms with Gasteiger partial charge in [-0.15, -0.1) is 10.2 Å². The molecule has 7 heteroatoms. The molecule has 0 radical (unpaired) electrons. The molecule has 2 rings (SSSR count). The quantitative estimate of drug-likeness (QED) is 0.849. The van der Waals surface area contributed by atoms with Crippen LogP contribution < -0.4 is 14.8 Å². The molecule has 118 valence electrons. The van der Waals surface area contributed by atoms with E-state index in [2.05, 4.69) is 22.4 Å². The predicted molar refractivity (Wildman–Crippen MR) is 85.8 cm³/mol. The standard InChI is InChI=1S/C15H19N3O3S/c1-4-5-14-17-18-15(22-14)16-13(19)9-21-11-7-6-10(2)8-12(11)20-3/h6-8H,4-5,9H2,1-3H3,(H,16,18,19). The number of anilines is 1. The molecule has 6 nitrogen and oxygen atoms in total. The normalized spacial score (nSPS) is 10.3. The number of carbonyl (C=O) groups excluding carboxylic acids is 1. The Balaban J connectivity index is 1.89. The second-order valence-electron chi connectivity index (χ2n) is 4.74. The van der Waals surface area contributed by atoms with Crippen molar-refractivity contribution in [2.45, 2.75) is 26.7 Å². The van der Waals surface area contributed by atoms with E-state index in [0.717, 1.165) is 23.4 Å². The van der Waals surface area contributed by atoms with Gasteiger partial charge < -0.3 is 9.47 Å². The van der Waals surface area contributed by atoms with Gasteiger partial charge in [0, 0.05) is 6.42 Å². The third-order valence-corrected chi connectivity index (χ3v) is 3.75. The summed E-state index contributed by atoms with van der Waals surface area (Å²) in [5.74, 6) is 0.864. The third-order valence-electron chi connectivity index (χ3n) is 2.85. The van der Waals surface area contributed by atoms with Crippen molar-refractivity contribution in [1.29, 1.82) is 0 Å². The van der Waals surface area contributed by atoms with Gasteiger partial charge in [0.15, 0.2) is 18.1 Å². The zero-order chi connectivity index (χ0) is 15.9. The summed E-state index contributed by atoms with van der Waals surface area (Å²) in [4.78, 5) is 11.9. The molecule has 22 heavy (non-hydrogen) atoms. The average molecular weight is 321 g/mol. The Labute approximate surface area is 133 Å². The Morgan fingerprint density at radius 1 is 1.32 bits per heavy atom. The number of hydrogen-bond acceptors (Lipinski definition) is 6. The fraction of sp³-hybridized carbons (Fsp3) is 0.400. The molecule has 0 unspecified atom stereocenters. The fourth-order valence-corrected chi connectivity index (χ4v) is 2.67. The summed E-state index contributed by atoms with van der Waals surface area (Å²) in [5, 5.41) is 12.0. The van der Waals surface area contributed by atoms with Gasteiger partial charge >= 0.3 is 0 Å². The number of aryl methyl sites for hydroxylation is 2. The second kappa shape index (κ2) is 7.74. The molecule has 1 aromatic carbocycles. The SMILES string of the molecule is CCCc1nnc(NC(=O)COc2ccc(C)cc2OC)s1. The van der Waals surface area contributed by atoms with E-state index in [1.165, 1.54) is 11.3 Å². The van der Waals surface area contributed by atoms with E-state index < -0.39 is 0 Å². The maximum Gasteiger partial charge on any atom is 0.264 e. The summed E-state index contributed by atoms with van der Waals surface area (Å²) in [7, 11) is 1.57. The predicted octanol–water partition coefficient (Wildman–Crippen LogP) is 2.83. The molecular weight excluding hydrogens is 302 g/mol. The van der Waals surface area contributed by atoms with E-state index in [9.17, 15) is 4.79 Å². The molecule has 0 atom stereocenters. The highest BCUT2D eigenvalue weighted by molar-refractivity contribution is 7.15. The molecule has 0 saturated heterocycles. The highest BCUT2D eigenvalue weighted by Crippen LogP contribution is 2.27. The molecule has 1 heterocycles. The maximum absolute atomic E-state index is 11.9. The van der Waals surface area contributed by atoms with Crippen LogP contribution >= 0.6 is 11.3 Å². The van der Waals surface area contributed by atoms with Crippen LogP contribution in [0.5, 0.6) is 11.5 Å². The largest absolute Gasteiger partial charge is 0.493 e. The average Bonchev–Trinajstić information content (AvgIpc) is 2.93. The zero-order valence-electron chi connectivity index (χ0n) is 12.9. The first kappa shape index (κ1) is 16.2. The Hall–Kier alpha value is -2.15. The van der Waals surface area contributed by atoms with Crippen LogP contribution in [-0.2, 0) is 11.2 Å². The van der Waals surface area contributed by atoms with Gasteiger partial charge in [-0.3, -0.25) is 10.1 Å². The Kier molecular flexibility index (Phi) is 5.71. The highest BCUT2D eigenvalue weighted by atomic mass is 32.1. The topological polar surface area (TPSA) is 73.3 Å².